The Kier molecular flexibility index (Phi) is 15.9. The second kappa shape index (κ2) is 19.6. The molecule has 4 N–H and O–H groups in total. The van der Waals surface area contributed by atoms with E-state index in [1.54, 1.807) is 0 Å². The normalized spacial score (nSPS) is 16.5. The molecular weight excluding hydrogens is 506 g/mol. The average Bonchev–Trinajstić information content (AvgIpc) is 3.00. The number of aliphatic hydroxyl groups excluding tert-OH is 1. The molecule has 0 aliphatic heterocycles. The summed E-state index contributed by atoms with van der Waals surface area (Å²) in [5.41, 5.74) is 9.60. The molecule has 4 heteroatoms. The van der Waals surface area contributed by atoms with E-state index < -0.39 is 5.97 Å². The Labute approximate surface area is 249 Å². The smallest absolute Gasteiger partial charge is 0.303 e. The highest BCUT2D eigenvalue weighted by Gasteiger charge is 2.24. The molecule has 1 aliphatic carbocycles. The van der Waals surface area contributed by atoms with Gasteiger partial charge in [0.25, 0.3) is 0 Å². The fourth-order valence-electron chi connectivity index (χ4n) is 6.85. The summed E-state index contributed by atoms with van der Waals surface area (Å²) in [7, 11) is 0. The van der Waals surface area contributed by atoms with E-state index in [0.29, 0.717) is 18.4 Å². The Morgan fingerprint density at radius 3 is 2.29 bits per heavy atom. The molecule has 3 rings (SSSR count). The standard InChI is InChI=1S/C37H55NO3/c38-26-25-35(36(28-37(40)41)24-22-31-14-7-3-8-15-31)23-21-32(19-20-33-17-10-18-34(27-33)29-39)16-9-2-6-13-30-11-4-1-5-12-30/h2-3,7-10,14-15,17-18,27,30,32,35-36,39H,1,4-6,11-13,16,19-26,28-29,38H2,(H,40,41)/b9-2-/t32-,35-,36+/m0/s1. The molecule has 0 heterocycles. The number of aryl methyl sites for hydroxylation is 2. The quantitative estimate of drug-likeness (QED) is 0.142. The molecule has 0 radical (unpaired) electrons. The van der Waals surface area contributed by atoms with Crippen molar-refractivity contribution in [1.29, 1.82) is 0 Å². The van der Waals surface area contributed by atoms with Crippen molar-refractivity contribution in [1.82, 2.24) is 0 Å². The van der Waals surface area contributed by atoms with Gasteiger partial charge in [0, 0.05) is 6.42 Å². The van der Waals surface area contributed by atoms with Gasteiger partial charge in [-0.1, -0.05) is 98.9 Å². The molecule has 0 aromatic heterocycles. The maximum Gasteiger partial charge on any atom is 0.303 e. The first kappa shape index (κ1) is 33.1. The molecule has 0 bridgehead atoms. The largest absolute Gasteiger partial charge is 0.481 e. The van der Waals surface area contributed by atoms with E-state index in [0.717, 1.165) is 62.8 Å². The highest BCUT2D eigenvalue weighted by molar-refractivity contribution is 5.67. The lowest BCUT2D eigenvalue weighted by atomic mass is 9.78. The third-order valence-electron chi connectivity index (χ3n) is 9.35. The highest BCUT2D eigenvalue weighted by Crippen LogP contribution is 2.32. The van der Waals surface area contributed by atoms with Crippen LogP contribution in [0.4, 0.5) is 0 Å². The van der Waals surface area contributed by atoms with E-state index in [1.807, 2.05) is 18.2 Å². The number of carboxylic acid groups (broad SMARTS) is 1. The SMILES string of the molecule is NCC[C@H](CC[C@@H](C/C=C\CCC1CCCCC1)CCc1cccc(CO)c1)[C@H](CCc1ccccc1)CC(=O)O. The summed E-state index contributed by atoms with van der Waals surface area (Å²) < 4.78 is 0. The van der Waals surface area contributed by atoms with Gasteiger partial charge < -0.3 is 15.9 Å². The predicted octanol–water partition coefficient (Wildman–Crippen LogP) is 8.50. The first-order chi connectivity index (χ1) is 20.1. The number of nitrogens with two attached hydrogens (primary N) is 1. The lowest BCUT2D eigenvalue weighted by Crippen LogP contribution is -2.23. The lowest BCUT2D eigenvalue weighted by Gasteiger charge is -2.28. The third kappa shape index (κ3) is 13.4. The van der Waals surface area contributed by atoms with Crippen LogP contribution in [0.2, 0.25) is 0 Å². The van der Waals surface area contributed by atoms with Crippen molar-refractivity contribution in [2.24, 2.45) is 29.4 Å². The van der Waals surface area contributed by atoms with E-state index >= 15 is 0 Å². The van der Waals surface area contributed by atoms with Gasteiger partial charge in [-0.2, -0.15) is 0 Å². The maximum atomic E-state index is 11.8. The molecule has 0 amide bonds. The summed E-state index contributed by atoms with van der Waals surface area (Å²) >= 11 is 0. The van der Waals surface area contributed by atoms with Crippen molar-refractivity contribution in [2.75, 3.05) is 6.54 Å². The number of aliphatic carboxylic acids is 1. The van der Waals surface area contributed by atoms with Crippen molar-refractivity contribution >= 4 is 5.97 Å². The maximum absolute atomic E-state index is 11.8. The van der Waals surface area contributed by atoms with Crippen LogP contribution in [-0.2, 0) is 24.2 Å². The van der Waals surface area contributed by atoms with E-state index in [-0.39, 0.29) is 18.9 Å². The van der Waals surface area contributed by atoms with Crippen LogP contribution in [0.5, 0.6) is 0 Å². The number of allylic oxidation sites excluding steroid dienone is 2. The van der Waals surface area contributed by atoms with Gasteiger partial charge in [0.15, 0.2) is 0 Å². The molecule has 3 atom stereocenters. The van der Waals surface area contributed by atoms with E-state index in [1.165, 1.54) is 56.1 Å². The second-order valence-corrected chi connectivity index (χ2v) is 12.5. The van der Waals surface area contributed by atoms with Crippen LogP contribution in [-0.4, -0.2) is 22.7 Å². The number of carboxylic acids is 1. The van der Waals surface area contributed by atoms with E-state index in [2.05, 4.69) is 48.6 Å². The number of aliphatic hydroxyl groups is 1. The Hall–Kier alpha value is -2.43. The molecule has 4 nitrogen and oxygen atoms in total. The predicted molar refractivity (Wildman–Crippen MR) is 171 cm³/mol. The van der Waals surface area contributed by atoms with Crippen molar-refractivity contribution in [3.05, 3.63) is 83.4 Å². The molecule has 1 aliphatic rings. The fraction of sp³-hybridized carbons (Fsp3) is 0.595. The van der Waals surface area contributed by atoms with Crippen LogP contribution in [0.25, 0.3) is 0 Å². The van der Waals surface area contributed by atoms with Gasteiger partial charge in [0.05, 0.1) is 6.61 Å². The molecule has 2 aromatic carbocycles. The Balaban J connectivity index is 1.61. The van der Waals surface area contributed by atoms with Crippen LogP contribution in [0.3, 0.4) is 0 Å². The molecular formula is C37H55NO3. The highest BCUT2D eigenvalue weighted by atomic mass is 16.4. The summed E-state index contributed by atoms with van der Waals surface area (Å²) in [6, 6.07) is 18.7. The molecule has 1 fully saturated rings. The first-order valence-corrected chi connectivity index (χ1v) is 16.4. The Morgan fingerprint density at radius 1 is 0.829 bits per heavy atom. The summed E-state index contributed by atoms with van der Waals surface area (Å²) in [6.07, 6.45) is 22.6. The minimum Gasteiger partial charge on any atom is -0.481 e. The summed E-state index contributed by atoms with van der Waals surface area (Å²) in [6.45, 7) is 0.682. The number of benzene rings is 2. The summed E-state index contributed by atoms with van der Waals surface area (Å²) in [5, 5.41) is 19.3. The molecule has 226 valence electrons. The average molecular weight is 562 g/mol. The number of hydrogen-bond donors (Lipinski definition) is 3. The van der Waals surface area contributed by atoms with Gasteiger partial charge in [0.1, 0.15) is 0 Å². The van der Waals surface area contributed by atoms with Crippen molar-refractivity contribution in [3.8, 4) is 0 Å². The van der Waals surface area contributed by atoms with E-state index in [4.69, 9.17) is 5.73 Å². The topological polar surface area (TPSA) is 83.5 Å². The molecule has 0 saturated heterocycles. The minimum atomic E-state index is -0.703. The zero-order chi connectivity index (χ0) is 29.1. The van der Waals surface area contributed by atoms with Gasteiger partial charge in [-0.25, -0.2) is 0 Å². The zero-order valence-corrected chi connectivity index (χ0v) is 25.3. The van der Waals surface area contributed by atoms with Crippen molar-refractivity contribution in [2.45, 2.75) is 109 Å². The third-order valence-corrected chi connectivity index (χ3v) is 9.35. The molecule has 2 aromatic rings. The van der Waals surface area contributed by atoms with Crippen LogP contribution in [0.1, 0.15) is 107 Å². The van der Waals surface area contributed by atoms with Crippen LogP contribution in [0.15, 0.2) is 66.7 Å². The Morgan fingerprint density at radius 2 is 1.56 bits per heavy atom. The van der Waals surface area contributed by atoms with Crippen LogP contribution < -0.4 is 5.73 Å². The van der Waals surface area contributed by atoms with E-state index in [9.17, 15) is 15.0 Å². The minimum absolute atomic E-state index is 0.0791. The van der Waals surface area contributed by atoms with Gasteiger partial charge in [-0.05, 0) is 111 Å². The van der Waals surface area contributed by atoms with Crippen LogP contribution in [0, 0.1) is 23.7 Å². The number of hydrogen-bond acceptors (Lipinski definition) is 3. The fourth-order valence-corrected chi connectivity index (χ4v) is 6.85. The monoisotopic (exact) mass is 561 g/mol. The number of carbonyl (C=O) groups is 1. The zero-order valence-electron chi connectivity index (χ0n) is 25.3. The Bertz CT molecular complexity index is 998. The van der Waals surface area contributed by atoms with Crippen LogP contribution >= 0.6 is 0 Å². The van der Waals surface area contributed by atoms with Gasteiger partial charge >= 0.3 is 5.97 Å². The molecule has 0 spiro atoms. The van der Waals surface area contributed by atoms with Gasteiger partial charge in [-0.15, -0.1) is 0 Å². The lowest BCUT2D eigenvalue weighted by molar-refractivity contribution is -0.138. The molecule has 0 unspecified atom stereocenters. The second-order valence-electron chi connectivity index (χ2n) is 12.5. The number of rotatable bonds is 20. The van der Waals surface area contributed by atoms with Gasteiger partial charge in [0.2, 0.25) is 0 Å². The first-order valence-electron chi connectivity index (χ1n) is 16.4. The molecule has 41 heavy (non-hydrogen) atoms. The summed E-state index contributed by atoms with van der Waals surface area (Å²) in [4.78, 5) is 11.8. The van der Waals surface area contributed by atoms with Crippen molar-refractivity contribution in [3.63, 3.8) is 0 Å². The van der Waals surface area contributed by atoms with Gasteiger partial charge in [-0.3, -0.25) is 4.79 Å². The molecule has 1 saturated carbocycles. The summed E-state index contributed by atoms with van der Waals surface area (Å²) in [5.74, 6) is 1.24. The van der Waals surface area contributed by atoms with Crippen molar-refractivity contribution < 1.29 is 15.0 Å².